The molecular weight excluding hydrogens is 396 g/mol. The fourth-order valence-electron chi connectivity index (χ4n) is 4.25. The molecule has 2 amide bonds. The predicted molar refractivity (Wildman–Crippen MR) is 121 cm³/mol. The van der Waals surface area contributed by atoms with E-state index in [-0.39, 0.29) is 12.1 Å². The van der Waals surface area contributed by atoms with E-state index in [2.05, 4.69) is 63.8 Å². The van der Waals surface area contributed by atoms with Crippen molar-refractivity contribution in [2.45, 2.75) is 19.5 Å². The molecule has 2 fully saturated rings. The number of aryl methyl sites for hydroxylation is 1. The summed E-state index contributed by atoms with van der Waals surface area (Å²) >= 11 is 1.76. The van der Waals surface area contributed by atoms with Gasteiger partial charge in [0.1, 0.15) is 0 Å². The van der Waals surface area contributed by atoms with E-state index >= 15 is 0 Å². The monoisotopic (exact) mass is 428 g/mol. The number of carbonyl (C=O) groups excluding carboxylic acids is 1. The van der Waals surface area contributed by atoms with E-state index in [1.54, 1.807) is 11.3 Å². The van der Waals surface area contributed by atoms with Gasteiger partial charge in [-0.15, -0.1) is 11.3 Å². The van der Waals surface area contributed by atoms with Gasteiger partial charge in [-0.05, 0) is 23.9 Å². The highest BCUT2D eigenvalue weighted by molar-refractivity contribution is 7.10. The van der Waals surface area contributed by atoms with Crippen LogP contribution in [0.5, 0.6) is 0 Å². The lowest BCUT2D eigenvalue weighted by Crippen LogP contribution is -2.52. The quantitative estimate of drug-likeness (QED) is 0.769. The Labute approximate surface area is 183 Å². The number of piperazine rings is 1. The topological polar surface area (TPSA) is 48.0 Å². The number of benzene rings is 1. The second kappa shape index (κ2) is 10.4. The molecule has 3 heterocycles. The Morgan fingerprint density at radius 3 is 2.60 bits per heavy atom. The van der Waals surface area contributed by atoms with Gasteiger partial charge < -0.3 is 15.0 Å². The number of hydrogen-bond acceptors (Lipinski definition) is 5. The lowest BCUT2D eigenvalue weighted by Gasteiger charge is -2.36. The molecule has 2 aliphatic heterocycles. The van der Waals surface area contributed by atoms with Crippen molar-refractivity contribution >= 4 is 17.4 Å². The molecule has 30 heavy (non-hydrogen) atoms. The average Bonchev–Trinajstić information content (AvgIpc) is 3.30. The van der Waals surface area contributed by atoms with Crippen molar-refractivity contribution in [3.63, 3.8) is 0 Å². The van der Waals surface area contributed by atoms with Crippen molar-refractivity contribution in [3.8, 4) is 0 Å². The van der Waals surface area contributed by atoms with E-state index in [1.807, 2.05) is 4.90 Å². The Bertz CT molecular complexity index is 799. The molecule has 0 radical (unpaired) electrons. The first kappa shape index (κ1) is 21.3. The normalized spacial score (nSPS) is 19.6. The summed E-state index contributed by atoms with van der Waals surface area (Å²) in [5.41, 5.74) is 2.64. The minimum absolute atomic E-state index is 0.0556. The van der Waals surface area contributed by atoms with Crippen LogP contribution in [0.3, 0.4) is 0 Å². The number of amides is 2. The first-order chi connectivity index (χ1) is 14.7. The van der Waals surface area contributed by atoms with Gasteiger partial charge in [-0.2, -0.15) is 0 Å². The van der Waals surface area contributed by atoms with Crippen molar-refractivity contribution in [1.82, 2.24) is 20.0 Å². The minimum atomic E-state index is 0.0556. The number of urea groups is 1. The number of carbonyl (C=O) groups is 1. The molecule has 7 heteroatoms. The summed E-state index contributed by atoms with van der Waals surface area (Å²) < 4.78 is 5.51. The van der Waals surface area contributed by atoms with Crippen molar-refractivity contribution in [1.29, 1.82) is 0 Å². The first-order valence-corrected chi connectivity index (χ1v) is 11.7. The number of hydrogen-bond donors (Lipinski definition) is 1. The number of ether oxygens (including phenoxy) is 1. The third-order valence-corrected chi connectivity index (χ3v) is 6.93. The number of rotatable bonds is 6. The van der Waals surface area contributed by atoms with Crippen molar-refractivity contribution in [3.05, 3.63) is 57.8 Å². The molecule has 0 bridgehead atoms. The molecular formula is C23H32N4O2S. The lowest BCUT2D eigenvalue weighted by molar-refractivity contribution is 0.0170. The van der Waals surface area contributed by atoms with E-state index in [9.17, 15) is 4.79 Å². The summed E-state index contributed by atoms with van der Waals surface area (Å²) in [4.78, 5) is 20.9. The predicted octanol–water partition coefficient (Wildman–Crippen LogP) is 2.96. The van der Waals surface area contributed by atoms with Gasteiger partial charge >= 0.3 is 6.03 Å². The molecule has 0 spiro atoms. The summed E-state index contributed by atoms with van der Waals surface area (Å²) in [7, 11) is 0. The second-order valence-corrected chi connectivity index (χ2v) is 9.10. The molecule has 1 atom stereocenters. The van der Waals surface area contributed by atoms with Gasteiger partial charge in [0.2, 0.25) is 0 Å². The Hall–Kier alpha value is -1.93. The first-order valence-electron chi connectivity index (χ1n) is 10.8. The molecule has 2 aliphatic rings. The highest BCUT2D eigenvalue weighted by Gasteiger charge is 2.26. The summed E-state index contributed by atoms with van der Waals surface area (Å²) in [5.74, 6) is 0. The zero-order chi connectivity index (χ0) is 20.8. The molecule has 6 nitrogen and oxygen atoms in total. The Kier molecular flexibility index (Phi) is 7.38. The number of nitrogens with zero attached hydrogens (tertiary/aromatic N) is 3. The van der Waals surface area contributed by atoms with Crippen LogP contribution in [0.1, 0.15) is 22.0 Å². The van der Waals surface area contributed by atoms with Gasteiger partial charge in [-0.25, -0.2) is 4.79 Å². The van der Waals surface area contributed by atoms with E-state index in [1.165, 1.54) is 16.0 Å². The van der Waals surface area contributed by atoms with Crippen LogP contribution in [0, 0.1) is 6.92 Å². The third kappa shape index (κ3) is 5.60. The Morgan fingerprint density at radius 1 is 1.10 bits per heavy atom. The molecule has 2 aromatic rings. The van der Waals surface area contributed by atoms with Crippen molar-refractivity contribution < 1.29 is 9.53 Å². The van der Waals surface area contributed by atoms with Crippen LogP contribution in [-0.4, -0.2) is 79.8 Å². The molecule has 1 aromatic heterocycles. The molecule has 0 aliphatic carbocycles. The maximum Gasteiger partial charge on any atom is 0.317 e. The Balaban J connectivity index is 1.26. The molecule has 1 unspecified atom stereocenters. The smallest absolute Gasteiger partial charge is 0.317 e. The van der Waals surface area contributed by atoms with Crippen LogP contribution < -0.4 is 5.32 Å². The average molecular weight is 429 g/mol. The van der Waals surface area contributed by atoms with Gasteiger partial charge in [0.05, 0.1) is 19.3 Å². The number of thiophene rings is 1. The van der Waals surface area contributed by atoms with Crippen LogP contribution in [0.15, 0.2) is 41.8 Å². The van der Waals surface area contributed by atoms with E-state index in [0.29, 0.717) is 6.54 Å². The standard InChI is InChI=1S/C23H32N4O2S/c1-19-4-2-5-20(16-19)18-25-7-9-27(10-8-25)23(28)24-17-21(22-6-3-15-30-22)26-11-13-29-14-12-26/h2-6,15-16,21H,7-14,17-18H2,1H3,(H,24,28). The zero-order valence-electron chi connectivity index (χ0n) is 17.8. The summed E-state index contributed by atoms with van der Waals surface area (Å²) in [6.45, 7) is 10.5. The van der Waals surface area contributed by atoms with Crippen LogP contribution in [0.25, 0.3) is 0 Å². The fraction of sp³-hybridized carbons (Fsp3) is 0.522. The third-order valence-electron chi connectivity index (χ3n) is 5.95. The largest absolute Gasteiger partial charge is 0.379 e. The highest BCUT2D eigenvalue weighted by atomic mass is 32.1. The maximum atomic E-state index is 12.8. The lowest BCUT2D eigenvalue weighted by atomic mass is 10.1. The number of morpholine rings is 1. The molecule has 4 rings (SSSR count). The van der Waals surface area contributed by atoms with Crippen LogP contribution in [0.2, 0.25) is 0 Å². The summed E-state index contributed by atoms with van der Waals surface area (Å²) in [5, 5.41) is 5.31. The maximum absolute atomic E-state index is 12.8. The molecule has 1 aromatic carbocycles. The Morgan fingerprint density at radius 2 is 1.90 bits per heavy atom. The van der Waals surface area contributed by atoms with Gasteiger partial charge in [0.25, 0.3) is 0 Å². The van der Waals surface area contributed by atoms with Crippen molar-refractivity contribution in [2.24, 2.45) is 0 Å². The van der Waals surface area contributed by atoms with Gasteiger partial charge in [0, 0.05) is 57.2 Å². The number of nitrogens with one attached hydrogen (secondary N) is 1. The van der Waals surface area contributed by atoms with Crippen LogP contribution in [0.4, 0.5) is 4.79 Å². The van der Waals surface area contributed by atoms with Gasteiger partial charge in [-0.3, -0.25) is 9.80 Å². The summed E-state index contributed by atoms with van der Waals surface area (Å²) in [6.07, 6.45) is 0. The van der Waals surface area contributed by atoms with E-state index < -0.39 is 0 Å². The van der Waals surface area contributed by atoms with E-state index in [4.69, 9.17) is 4.74 Å². The molecule has 2 saturated heterocycles. The van der Waals surface area contributed by atoms with E-state index in [0.717, 1.165) is 59.0 Å². The van der Waals surface area contributed by atoms with Crippen LogP contribution in [-0.2, 0) is 11.3 Å². The second-order valence-electron chi connectivity index (χ2n) is 8.12. The van der Waals surface area contributed by atoms with Gasteiger partial charge in [-0.1, -0.05) is 35.9 Å². The minimum Gasteiger partial charge on any atom is -0.379 e. The molecule has 0 saturated carbocycles. The molecule has 162 valence electrons. The van der Waals surface area contributed by atoms with Gasteiger partial charge in [0.15, 0.2) is 0 Å². The zero-order valence-corrected chi connectivity index (χ0v) is 18.6. The SMILES string of the molecule is Cc1cccc(CN2CCN(C(=O)NCC(c3cccs3)N3CCOCC3)CC2)c1. The molecule has 1 N–H and O–H groups in total. The fourth-order valence-corrected chi connectivity index (χ4v) is 5.11. The highest BCUT2D eigenvalue weighted by Crippen LogP contribution is 2.25. The summed E-state index contributed by atoms with van der Waals surface area (Å²) in [6, 6.07) is 13.2. The van der Waals surface area contributed by atoms with Crippen molar-refractivity contribution in [2.75, 3.05) is 59.0 Å². The van der Waals surface area contributed by atoms with Crippen LogP contribution >= 0.6 is 11.3 Å².